The number of nitriles is 1. The number of aryl methyl sites for hydroxylation is 1. The number of hydrogen-bond acceptors (Lipinski definition) is 5. The first-order chi connectivity index (χ1) is 15.1. The van der Waals surface area contributed by atoms with Gasteiger partial charge in [0.15, 0.2) is 5.96 Å². The Balaban J connectivity index is 1.62. The van der Waals surface area contributed by atoms with Crippen molar-refractivity contribution < 1.29 is 4.74 Å². The van der Waals surface area contributed by atoms with Crippen LogP contribution < -0.4 is 5.73 Å². The molecule has 0 saturated carbocycles. The van der Waals surface area contributed by atoms with Crippen molar-refractivity contribution in [3.8, 4) is 6.07 Å². The predicted molar refractivity (Wildman–Crippen MR) is 119 cm³/mol. The molecule has 0 radical (unpaired) electrons. The van der Waals surface area contributed by atoms with Crippen LogP contribution in [0.3, 0.4) is 0 Å². The maximum absolute atomic E-state index is 9.61. The largest absolute Gasteiger partial charge is 0.383 e. The van der Waals surface area contributed by atoms with Crippen LogP contribution >= 0.6 is 0 Å². The highest BCUT2D eigenvalue weighted by atomic mass is 16.5. The second-order valence-corrected chi connectivity index (χ2v) is 9.33. The van der Waals surface area contributed by atoms with Crippen molar-refractivity contribution in [1.29, 1.82) is 5.26 Å². The molecule has 2 spiro atoms. The molecule has 2 aromatic rings. The van der Waals surface area contributed by atoms with E-state index in [0.717, 1.165) is 25.7 Å². The Morgan fingerprint density at radius 1 is 1.26 bits per heavy atom. The van der Waals surface area contributed by atoms with Crippen molar-refractivity contribution >= 4 is 5.96 Å². The first-order valence-corrected chi connectivity index (χ1v) is 11.1. The van der Waals surface area contributed by atoms with E-state index in [1.807, 2.05) is 6.07 Å². The fourth-order valence-electron chi connectivity index (χ4n) is 6.70. The van der Waals surface area contributed by atoms with Crippen molar-refractivity contribution in [3.05, 3.63) is 82.1 Å². The maximum Gasteiger partial charge on any atom is 0.197 e. The van der Waals surface area contributed by atoms with E-state index in [-0.39, 0.29) is 5.41 Å². The van der Waals surface area contributed by atoms with Gasteiger partial charge in [0.25, 0.3) is 0 Å². The van der Waals surface area contributed by atoms with Gasteiger partial charge in [-0.3, -0.25) is 0 Å². The lowest BCUT2D eigenvalue weighted by Crippen LogP contribution is -2.47. The molecule has 3 aliphatic carbocycles. The van der Waals surface area contributed by atoms with Crippen molar-refractivity contribution in [3.63, 3.8) is 0 Å². The third kappa shape index (κ3) is 2.31. The van der Waals surface area contributed by atoms with Crippen LogP contribution in [0, 0.1) is 16.7 Å². The van der Waals surface area contributed by atoms with E-state index in [0.29, 0.717) is 30.6 Å². The fraction of sp³-hybridized carbons (Fsp3) is 0.385. The van der Waals surface area contributed by atoms with Crippen LogP contribution in [0.5, 0.6) is 0 Å². The minimum Gasteiger partial charge on any atom is -0.383 e. The van der Waals surface area contributed by atoms with Crippen molar-refractivity contribution in [2.75, 3.05) is 20.3 Å². The number of methoxy groups -OCH3 is 1. The van der Waals surface area contributed by atoms with Gasteiger partial charge in [0.05, 0.1) is 23.9 Å². The molecule has 5 nitrogen and oxygen atoms in total. The Morgan fingerprint density at radius 3 is 2.97 bits per heavy atom. The van der Waals surface area contributed by atoms with Crippen LogP contribution in [-0.4, -0.2) is 31.1 Å². The molecule has 0 fully saturated rings. The van der Waals surface area contributed by atoms with Crippen LogP contribution in [0.2, 0.25) is 0 Å². The summed E-state index contributed by atoms with van der Waals surface area (Å²) in [5, 5.41) is 9.61. The topological polar surface area (TPSA) is 74.6 Å². The van der Waals surface area contributed by atoms with E-state index in [2.05, 4.69) is 53.4 Å². The van der Waals surface area contributed by atoms with Gasteiger partial charge in [-0.15, -0.1) is 0 Å². The quantitative estimate of drug-likeness (QED) is 0.839. The molecule has 2 bridgehead atoms. The Bertz CT molecular complexity index is 1190. The summed E-state index contributed by atoms with van der Waals surface area (Å²) in [6.45, 7) is 1.26. The van der Waals surface area contributed by atoms with E-state index in [9.17, 15) is 5.26 Å². The molecule has 1 aliphatic heterocycles. The number of benzene rings is 2. The van der Waals surface area contributed by atoms with Crippen molar-refractivity contribution in [2.24, 2.45) is 16.1 Å². The van der Waals surface area contributed by atoms with E-state index < -0.39 is 5.54 Å². The molecule has 156 valence electrons. The first kappa shape index (κ1) is 18.7. The molecule has 5 heteroatoms. The smallest absolute Gasteiger partial charge is 0.197 e. The van der Waals surface area contributed by atoms with E-state index in [1.165, 1.54) is 28.0 Å². The highest BCUT2D eigenvalue weighted by Gasteiger charge is 2.66. The molecule has 4 aliphatic rings. The Hall–Kier alpha value is -3.10. The molecule has 0 aromatic heterocycles. The molecule has 1 heterocycles. The minimum absolute atomic E-state index is 0.0381. The molecule has 6 rings (SSSR count). The van der Waals surface area contributed by atoms with E-state index in [4.69, 9.17) is 15.5 Å². The monoisotopic (exact) mass is 410 g/mol. The summed E-state index contributed by atoms with van der Waals surface area (Å²) in [6.07, 6.45) is 6.55. The van der Waals surface area contributed by atoms with E-state index in [1.54, 1.807) is 7.11 Å². The SMILES string of the molecule is COCCN1C2=CC3CC4(CCc5ccccc53)Cc3ccc(C#N)cc3C24N=C1N. The molecule has 31 heavy (non-hydrogen) atoms. The average molecular weight is 411 g/mol. The molecule has 0 amide bonds. The summed E-state index contributed by atoms with van der Waals surface area (Å²) in [6, 6.07) is 17.4. The van der Waals surface area contributed by atoms with E-state index >= 15 is 0 Å². The van der Waals surface area contributed by atoms with Crippen LogP contribution in [0.1, 0.15) is 46.6 Å². The normalized spacial score (nSPS) is 29.7. The van der Waals surface area contributed by atoms with Gasteiger partial charge < -0.3 is 15.4 Å². The van der Waals surface area contributed by atoms with Gasteiger partial charge in [0.1, 0.15) is 5.54 Å². The van der Waals surface area contributed by atoms with Gasteiger partial charge in [-0.05, 0) is 60.1 Å². The van der Waals surface area contributed by atoms with Crippen molar-refractivity contribution in [2.45, 2.75) is 37.1 Å². The molecular weight excluding hydrogens is 384 g/mol. The Kier molecular flexibility index (Phi) is 3.88. The number of nitrogens with two attached hydrogens (primary N) is 1. The van der Waals surface area contributed by atoms with Crippen LogP contribution in [0.25, 0.3) is 0 Å². The number of aliphatic imine (C=N–C) groups is 1. The molecule has 3 unspecified atom stereocenters. The zero-order chi connectivity index (χ0) is 21.2. The zero-order valence-electron chi connectivity index (χ0n) is 17.8. The highest BCUT2D eigenvalue weighted by Crippen LogP contribution is 2.68. The molecule has 2 N–H and O–H groups in total. The molecular formula is C26H26N4O. The second kappa shape index (κ2) is 6.45. The average Bonchev–Trinajstić information content (AvgIpc) is 3.18. The fourth-order valence-corrected chi connectivity index (χ4v) is 6.70. The minimum atomic E-state index is -0.508. The third-order valence-electron chi connectivity index (χ3n) is 7.96. The van der Waals surface area contributed by atoms with Crippen LogP contribution in [0.15, 0.2) is 59.2 Å². The second-order valence-electron chi connectivity index (χ2n) is 9.33. The van der Waals surface area contributed by atoms with Gasteiger partial charge >= 0.3 is 0 Å². The Morgan fingerprint density at radius 2 is 2.13 bits per heavy atom. The molecule has 0 saturated heterocycles. The van der Waals surface area contributed by atoms with Crippen LogP contribution in [0.4, 0.5) is 0 Å². The van der Waals surface area contributed by atoms with Crippen LogP contribution in [-0.2, 0) is 23.1 Å². The number of allylic oxidation sites excluding steroid dienone is 1. The third-order valence-corrected chi connectivity index (χ3v) is 7.96. The summed E-state index contributed by atoms with van der Waals surface area (Å²) < 4.78 is 5.40. The van der Waals surface area contributed by atoms with Gasteiger partial charge in [-0.25, -0.2) is 4.99 Å². The molecule has 3 atom stereocenters. The summed E-state index contributed by atoms with van der Waals surface area (Å²) in [7, 11) is 1.72. The number of fused-ring (bicyclic) bond motifs is 4. The highest BCUT2D eigenvalue weighted by molar-refractivity contribution is 5.86. The maximum atomic E-state index is 9.61. The van der Waals surface area contributed by atoms with Crippen molar-refractivity contribution in [1.82, 2.24) is 4.90 Å². The number of ether oxygens (including phenoxy) is 1. The lowest BCUT2D eigenvalue weighted by Gasteiger charge is -2.48. The van der Waals surface area contributed by atoms with Gasteiger partial charge in [0.2, 0.25) is 0 Å². The summed E-state index contributed by atoms with van der Waals surface area (Å²) in [5.74, 6) is 0.912. The number of nitrogens with zero attached hydrogens (tertiary/aromatic N) is 3. The standard InChI is InChI=1S/C26H26N4O/c1-31-11-10-30-23-13-20-15-25(9-8-18-4-2-3-5-21(18)20)14-19-7-6-17(16-27)12-22(19)26(23,25)29-24(30)28/h2-7,12-13,20H,8-11,14-15H2,1H3,(H2,28,29). The predicted octanol–water partition coefficient (Wildman–Crippen LogP) is 3.59. The first-order valence-electron chi connectivity index (χ1n) is 11.1. The summed E-state index contributed by atoms with van der Waals surface area (Å²) in [5.41, 5.74) is 13.3. The number of hydrogen-bond donors (Lipinski definition) is 1. The Labute approximate surface area is 182 Å². The summed E-state index contributed by atoms with van der Waals surface area (Å²) >= 11 is 0. The number of rotatable bonds is 3. The lowest BCUT2D eigenvalue weighted by molar-refractivity contribution is 0.115. The lowest BCUT2D eigenvalue weighted by atomic mass is 9.59. The number of guanidine groups is 1. The summed E-state index contributed by atoms with van der Waals surface area (Å²) in [4.78, 5) is 7.42. The van der Waals surface area contributed by atoms with Gasteiger partial charge in [-0.2, -0.15) is 5.26 Å². The van der Waals surface area contributed by atoms with Gasteiger partial charge in [-0.1, -0.05) is 36.4 Å². The molecule has 2 aromatic carbocycles. The van der Waals surface area contributed by atoms with Gasteiger partial charge in [0, 0.05) is 25.0 Å². The zero-order valence-corrected chi connectivity index (χ0v) is 17.8.